The zero-order valence-corrected chi connectivity index (χ0v) is 8.42. The first-order valence-corrected chi connectivity index (χ1v) is 4.39. The lowest BCUT2D eigenvalue weighted by molar-refractivity contribution is 0.858. The van der Waals surface area contributed by atoms with Crippen LogP contribution in [0.4, 0.5) is 0 Å². The zero-order valence-electron chi connectivity index (χ0n) is 7.67. The van der Waals surface area contributed by atoms with Crippen LogP contribution in [0.15, 0.2) is 15.8 Å². The number of hydrogen-bond acceptors (Lipinski definition) is 3. The molecule has 1 aromatic heterocycles. The van der Waals surface area contributed by atoms with Gasteiger partial charge >= 0.3 is 0 Å². The van der Waals surface area contributed by atoms with Crippen LogP contribution in [0.25, 0.3) is 11.3 Å². The molecule has 5 heteroatoms. The minimum absolute atomic E-state index is 0.00639. The molecule has 0 aliphatic carbocycles. The van der Waals surface area contributed by atoms with E-state index in [0.717, 1.165) is 5.82 Å². The molecule has 0 aliphatic rings. The van der Waals surface area contributed by atoms with Gasteiger partial charge in [0.2, 0.25) is 10.9 Å². The molecule has 0 saturated heterocycles. The molecular formula is C9H7ClN2O2. The smallest absolute Gasteiger partial charge is 0.245 e. The predicted molar refractivity (Wildman–Crippen MR) is 53.3 cm³/mol. The quantitative estimate of drug-likeness (QED) is 0.650. The van der Waals surface area contributed by atoms with Crippen LogP contribution in [0.2, 0.25) is 5.02 Å². The second-order valence-corrected chi connectivity index (χ2v) is 3.51. The highest BCUT2D eigenvalue weighted by molar-refractivity contribution is 6.34. The first-order chi connectivity index (χ1) is 6.52. The summed E-state index contributed by atoms with van der Waals surface area (Å²) >= 11 is 5.62. The van der Waals surface area contributed by atoms with Gasteiger partial charge in [0.1, 0.15) is 10.8 Å². The molecular weight excluding hydrogens is 204 g/mol. The van der Waals surface area contributed by atoms with Gasteiger partial charge in [-0.1, -0.05) is 11.6 Å². The molecule has 72 valence electrons. The molecule has 0 aliphatic heterocycles. The summed E-state index contributed by atoms with van der Waals surface area (Å²) in [6.07, 6.45) is 1.68. The van der Waals surface area contributed by atoms with Crippen LogP contribution in [0.5, 0.6) is 0 Å². The van der Waals surface area contributed by atoms with Crippen LogP contribution >= 0.6 is 11.6 Å². The van der Waals surface area contributed by atoms with Gasteiger partial charge < -0.3 is 4.57 Å². The van der Waals surface area contributed by atoms with Gasteiger partial charge in [0.05, 0.1) is 11.3 Å². The number of aryl methyl sites for hydroxylation is 2. The van der Waals surface area contributed by atoms with E-state index >= 15 is 0 Å². The fraction of sp³-hybridized carbons (Fsp3) is 0.222. The molecule has 0 radical (unpaired) electrons. The highest BCUT2D eigenvalue weighted by atomic mass is 35.5. The van der Waals surface area contributed by atoms with Crippen LogP contribution < -0.4 is 10.9 Å². The van der Waals surface area contributed by atoms with Crippen molar-refractivity contribution in [1.29, 1.82) is 0 Å². The van der Waals surface area contributed by atoms with Gasteiger partial charge in [0.25, 0.3) is 0 Å². The summed E-state index contributed by atoms with van der Waals surface area (Å²) in [6.45, 7) is 1.81. The Bertz CT molecular complexity index is 556. The molecule has 14 heavy (non-hydrogen) atoms. The van der Waals surface area contributed by atoms with Crippen molar-refractivity contribution in [1.82, 2.24) is 9.55 Å². The van der Waals surface area contributed by atoms with Gasteiger partial charge in [-0.15, -0.1) is 0 Å². The first-order valence-electron chi connectivity index (χ1n) is 4.01. The van der Waals surface area contributed by atoms with Crippen LogP contribution in [0, 0.1) is 6.92 Å². The van der Waals surface area contributed by atoms with Crippen molar-refractivity contribution in [3.05, 3.63) is 37.5 Å². The zero-order chi connectivity index (χ0) is 10.5. The fourth-order valence-corrected chi connectivity index (χ4v) is 1.54. The summed E-state index contributed by atoms with van der Waals surface area (Å²) in [4.78, 5) is 26.1. The third kappa shape index (κ3) is 1.04. The van der Waals surface area contributed by atoms with E-state index in [0.29, 0.717) is 5.69 Å². The van der Waals surface area contributed by atoms with Crippen molar-refractivity contribution >= 4 is 11.6 Å². The summed E-state index contributed by atoms with van der Waals surface area (Å²) < 4.78 is 1.77. The SMILES string of the molecule is Cc1nc(-c2c(Cl)c(=O)c2=O)cn1C. The summed E-state index contributed by atoms with van der Waals surface area (Å²) in [7, 11) is 1.81. The second kappa shape index (κ2) is 2.78. The topological polar surface area (TPSA) is 52.0 Å². The molecule has 1 heterocycles. The molecule has 0 bridgehead atoms. The number of hydrogen-bond donors (Lipinski definition) is 0. The van der Waals surface area contributed by atoms with E-state index < -0.39 is 10.9 Å². The minimum atomic E-state index is -0.620. The van der Waals surface area contributed by atoms with E-state index in [2.05, 4.69) is 4.98 Å². The molecule has 1 aromatic carbocycles. The summed E-state index contributed by atoms with van der Waals surface area (Å²) in [5, 5.41) is -0.00639. The van der Waals surface area contributed by atoms with E-state index in [1.165, 1.54) is 0 Å². The summed E-state index contributed by atoms with van der Waals surface area (Å²) in [5.41, 5.74) is -0.460. The normalized spacial score (nSPS) is 11.1. The highest BCUT2D eigenvalue weighted by Gasteiger charge is 2.22. The van der Waals surface area contributed by atoms with E-state index in [4.69, 9.17) is 11.6 Å². The van der Waals surface area contributed by atoms with Gasteiger partial charge in [0.15, 0.2) is 0 Å². The summed E-state index contributed by atoms with van der Waals surface area (Å²) in [5.74, 6) is 0.768. The van der Waals surface area contributed by atoms with Crippen LogP contribution in [0.1, 0.15) is 5.82 Å². The lowest BCUT2D eigenvalue weighted by Gasteiger charge is -1.99. The lowest BCUT2D eigenvalue weighted by Crippen LogP contribution is -2.33. The van der Waals surface area contributed by atoms with Crippen molar-refractivity contribution in [2.45, 2.75) is 6.92 Å². The minimum Gasteiger partial charge on any atom is -0.338 e. The highest BCUT2D eigenvalue weighted by Crippen LogP contribution is 2.21. The maximum Gasteiger partial charge on any atom is 0.245 e. The number of aromatic nitrogens is 2. The van der Waals surface area contributed by atoms with E-state index in [9.17, 15) is 9.59 Å². The van der Waals surface area contributed by atoms with E-state index in [1.807, 2.05) is 14.0 Å². The Morgan fingerprint density at radius 3 is 2.43 bits per heavy atom. The Morgan fingerprint density at radius 1 is 1.36 bits per heavy atom. The van der Waals surface area contributed by atoms with Crippen LogP contribution in [-0.2, 0) is 7.05 Å². The van der Waals surface area contributed by atoms with Crippen molar-refractivity contribution in [3.63, 3.8) is 0 Å². The van der Waals surface area contributed by atoms with Crippen LogP contribution in [0.3, 0.4) is 0 Å². The molecule has 0 N–H and O–H groups in total. The standard InChI is InChI=1S/C9H7ClN2O2/c1-4-11-5(3-12(4)2)6-7(10)9(14)8(6)13/h3H,1-2H3. The molecule has 0 atom stereocenters. The third-order valence-electron chi connectivity index (χ3n) is 2.22. The Labute approximate surface area is 84.5 Å². The van der Waals surface area contributed by atoms with E-state index in [1.54, 1.807) is 10.8 Å². The monoisotopic (exact) mass is 210 g/mol. The van der Waals surface area contributed by atoms with Crippen molar-refractivity contribution in [3.8, 4) is 11.3 Å². The van der Waals surface area contributed by atoms with Crippen molar-refractivity contribution in [2.75, 3.05) is 0 Å². The molecule has 4 nitrogen and oxygen atoms in total. The summed E-state index contributed by atoms with van der Waals surface area (Å²) in [6, 6.07) is 0. The van der Waals surface area contributed by atoms with Crippen LogP contribution in [-0.4, -0.2) is 9.55 Å². The Morgan fingerprint density at radius 2 is 2.00 bits per heavy atom. The van der Waals surface area contributed by atoms with Crippen molar-refractivity contribution in [2.24, 2.45) is 7.05 Å². The Kier molecular flexibility index (Phi) is 1.82. The average Bonchev–Trinajstić information content (AvgIpc) is 2.46. The number of nitrogens with zero attached hydrogens (tertiary/aromatic N) is 2. The first kappa shape index (κ1) is 9.15. The Balaban J connectivity index is 2.63. The molecule has 2 aromatic rings. The second-order valence-electron chi connectivity index (χ2n) is 3.13. The maximum atomic E-state index is 11.2. The van der Waals surface area contributed by atoms with Crippen molar-refractivity contribution < 1.29 is 0 Å². The molecule has 2 rings (SSSR count). The fourth-order valence-electron chi connectivity index (χ4n) is 1.27. The lowest BCUT2D eigenvalue weighted by atomic mass is 10.1. The molecule has 0 saturated carbocycles. The van der Waals surface area contributed by atoms with Gasteiger partial charge in [0, 0.05) is 13.2 Å². The number of imidazole rings is 1. The molecule has 0 unspecified atom stereocenters. The predicted octanol–water partition coefficient (Wildman–Crippen LogP) is 0.645. The molecule has 0 spiro atoms. The van der Waals surface area contributed by atoms with Gasteiger partial charge in [-0.05, 0) is 6.92 Å². The Hall–Kier alpha value is -1.42. The third-order valence-corrected chi connectivity index (χ3v) is 2.58. The van der Waals surface area contributed by atoms with E-state index in [-0.39, 0.29) is 10.6 Å². The molecule has 0 amide bonds. The average molecular weight is 211 g/mol. The van der Waals surface area contributed by atoms with Gasteiger partial charge in [-0.2, -0.15) is 0 Å². The van der Waals surface area contributed by atoms with Gasteiger partial charge in [-0.3, -0.25) is 9.59 Å². The van der Waals surface area contributed by atoms with Gasteiger partial charge in [-0.25, -0.2) is 4.98 Å². The largest absolute Gasteiger partial charge is 0.338 e. The maximum absolute atomic E-state index is 11.2. The number of rotatable bonds is 1. The number of halogens is 1. The molecule has 0 fully saturated rings.